The topological polar surface area (TPSA) is 119 Å². The monoisotopic (exact) mass is 691 g/mol. The Morgan fingerprint density at radius 3 is 2.20 bits per heavy atom. The highest BCUT2D eigenvalue weighted by Gasteiger charge is 2.31. The largest absolute Gasteiger partial charge is 0.489 e. The second-order valence-electron chi connectivity index (χ2n) is 13.0. The van der Waals surface area contributed by atoms with Crippen molar-refractivity contribution in [1.82, 2.24) is 15.1 Å². The number of nitrogens with zero attached hydrogens (tertiary/aromatic N) is 2. The number of benzene rings is 4. The van der Waals surface area contributed by atoms with Gasteiger partial charge in [-0.3, -0.25) is 14.4 Å². The molecule has 3 N–H and O–H groups in total. The Morgan fingerprint density at radius 2 is 1.43 bits per heavy atom. The van der Waals surface area contributed by atoms with Gasteiger partial charge in [-0.05, 0) is 71.7 Å². The van der Waals surface area contributed by atoms with Crippen LogP contribution in [0.2, 0.25) is 0 Å². The van der Waals surface area contributed by atoms with E-state index >= 15 is 0 Å². The van der Waals surface area contributed by atoms with E-state index in [4.69, 9.17) is 4.74 Å². The van der Waals surface area contributed by atoms with Gasteiger partial charge in [0.25, 0.3) is 0 Å². The summed E-state index contributed by atoms with van der Waals surface area (Å²) in [5.74, 6) is 0.181. The fourth-order valence-corrected chi connectivity index (χ4v) is 6.42. The molecule has 0 saturated heterocycles. The van der Waals surface area contributed by atoms with Crippen molar-refractivity contribution in [3.05, 3.63) is 126 Å². The first-order valence-electron chi connectivity index (χ1n) is 17.9. The highest BCUT2D eigenvalue weighted by molar-refractivity contribution is 5.88. The Hall–Kier alpha value is -4.99. The van der Waals surface area contributed by atoms with Gasteiger partial charge in [0.2, 0.25) is 17.7 Å². The predicted molar refractivity (Wildman–Crippen MR) is 199 cm³/mol. The van der Waals surface area contributed by atoms with Crippen LogP contribution in [0.1, 0.15) is 48.8 Å². The molecule has 268 valence electrons. The van der Waals surface area contributed by atoms with E-state index in [1.165, 1.54) is 0 Å². The molecule has 0 bridgehead atoms. The summed E-state index contributed by atoms with van der Waals surface area (Å²) in [6.45, 7) is 1.10. The first-order chi connectivity index (χ1) is 24.9. The van der Waals surface area contributed by atoms with Crippen molar-refractivity contribution in [2.75, 3.05) is 32.8 Å². The Labute approximate surface area is 300 Å². The maximum absolute atomic E-state index is 13.9. The fraction of sp³-hybridized carbons (Fsp3) is 0.357. The average Bonchev–Trinajstić information content (AvgIpc) is 3.18. The van der Waals surface area contributed by atoms with Gasteiger partial charge in [-0.15, -0.1) is 0 Å². The molecule has 3 amide bonds. The summed E-state index contributed by atoms with van der Waals surface area (Å²) in [6.07, 6.45) is 6.21. The number of fused-ring (bicyclic) bond motifs is 1. The molecule has 2 atom stereocenters. The zero-order valence-electron chi connectivity index (χ0n) is 29.2. The molecular formula is C42H49N3O6. The third-order valence-electron chi connectivity index (χ3n) is 9.25. The number of amides is 3. The van der Waals surface area contributed by atoms with Crippen LogP contribution in [0, 0.1) is 0 Å². The molecule has 0 aliphatic carbocycles. The number of carbonyl (C=O) groups excluding carboxylic acids is 3. The van der Waals surface area contributed by atoms with Crippen LogP contribution in [0.15, 0.2) is 109 Å². The van der Waals surface area contributed by atoms with E-state index < -0.39 is 12.1 Å². The third-order valence-corrected chi connectivity index (χ3v) is 9.25. The average molecular weight is 692 g/mol. The van der Waals surface area contributed by atoms with Crippen LogP contribution in [-0.4, -0.2) is 82.7 Å². The van der Waals surface area contributed by atoms with Crippen molar-refractivity contribution in [3.8, 4) is 5.75 Å². The minimum atomic E-state index is -0.792. The predicted octanol–water partition coefficient (Wildman–Crippen LogP) is 5.22. The molecule has 4 aromatic carbocycles. The van der Waals surface area contributed by atoms with Crippen molar-refractivity contribution in [1.29, 1.82) is 0 Å². The first kappa shape index (κ1) is 37.3. The van der Waals surface area contributed by atoms with Crippen LogP contribution in [0.3, 0.4) is 0 Å². The van der Waals surface area contributed by atoms with E-state index in [1.54, 1.807) is 9.80 Å². The number of hydrogen-bond acceptors (Lipinski definition) is 6. The fourth-order valence-electron chi connectivity index (χ4n) is 6.42. The van der Waals surface area contributed by atoms with Crippen LogP contribution in [0.5, 0.6) is 5.75 Å². The van der Waals surface area contributed by atoms with Gasteiger partial charge in [0.05, 0.1) is 6.42 Å². The molecule has 0 fully saturated rings. The van der Waals surface area contributed by atoms with Crippen molar-refractivity contribution in [3.63, 3.8) is 0 Å². The van der Waals surface area contributed by atoms with Gasteiger partial charge in [0, 0.05) is 45.3 Å². The van der Waals surface area contributed by atoms with Gasteiger partial charge in [0.1, 0.15) is 18.4 Å². The van der Waals surface area contributed by atoms with Gasteiger partial charge in [0.15, 0.2) is 0 Å². The molecule has 1 aliphatic rings. The van der Waals surface area contributed by atoms with E-state index in [0.717, 1.165) is 33.2 Å². The summed E-state index contributed by atoms with van der Waals surface area (Å²) in [4.78, 5) is 44.8. The zero-order chi connectivity index (χ0) is 35.8. The van der Waals surface area contributed by atoms with Gasteiger partial charge >= 0.3 is 0 Å². The van der Waals surface area contributed by atoms with E-state index in [2.05, 4.69) is 5.32 Å². The summed E-state index contributed by atoms with van der Waals surface area (Å²) in [5, 5.41) is 24.6. The second-order valence-corrected chi connectivity index (χ2v) is 13.0. The van der Waals surface area contributed by atoms with Gasteiger partial charge in [-0.25, -0.2) is 0 Å². The normalized spacial score (nSPS) is 17.4. The third kappa shape index (κ3) is 11.3. The van der Waals surface area contributed by atoms with Crippen LogP contribution < -0.4 is 10.1 Å². The number of hydrogen-bond donors (Lipinski definition) is 3. The van der Waals surface area contributed by atoms with E-state index in [9.17, 15) is 24.6 Å². The number of rotatable bonds is 14. The molecule has 4 aromatic rings. The molecule has 5 rings (SSSR count). The zero-order valence-corrected chi connectivity index (χ0v) is 29.2. The van der Waals surface area contributed by atoms with Crippen molar-refractivity contribution < 1.29 is 29.3 Å². The molecule has 9 heteroatoms. The van der Waals surface area contributed by atoms with Gasteiger partial charge in [-0.1, -0.05) is 97.1 Å². The van der Waals surface area contributed by atoms with Crippen LogP contribution in [-0.2, 0) is 33.8 Å². The summed E-state index contributed by atoms with van der Waals surface area (Å²) in [7, 11) is 0. The molecule has 0 unspecified atom stereocenters. The quantitative estimate of drug-likeness (QED) is 0.156. The molecule has 1 aliphatic heterocycles. The van der Waals surface area contributed by atoms with E-state index in [-0.39, 0.29) is 56.9 Å². The van der Waals surface area contributed by atoms with Gasteiger partial charge < -0.3 is 30.1 Å². The highest BCUT2D eigenvalue weighted by Crippen LogP contribution is 2.19. The molecule has 0 spiro atoms. The lowest BCUT2D eigenvalue weighted by Gasteiger charge is -2.32. The number of aliphatic hydroxyl groups is 2. The van der Waals surface area contributed by atoms with Crippen molar-refractivity contribution in [2.45, 2.75) is 63.6 Å². The standard InChI is InChI=1S/C42H49N3O6/c46-26-8-14-37-30-44(41(49)29-34-16-20-35-12-4-5-13-36(35)28-34)24-6-7-25-45(39(15-9-27-47)42(50)43-37)40(48)23-19-32-17-21-38(22-18-32)51-31-33-10-2-1-3-11-33/h1-7,10-13,16-18,20-22,28,37,39,46-47H,8-9,14-15,19,23-27,29-31H2,(H,43,50)/b7-6+/t37-,39+/m1/s1. The lowest BCUT2D eigenvalue weighted by Crippen LogP contribution is -2.54. The second kappa shape index (κ2) is 19.4. The number of aliphatic hydroxyl groups excluding tert-OH is 2. The lowest BCUT2D eigenvalue weighted by molar-refractivity contribution is -0.140. The minimum absolute atomic E-state index is 0.0456. The van der Waals surface area contributed by atoms with Crippen molar-refractivity contribution >= 4 is 28.5 Å². The Kier molecular flexibility index (Phi) is 14.2. The van der Waals surface area contributed by atoms with Gasteiger partial charge in [-0.2, -0.15) is 0 Å². The maximum Gasteiger partial charge on any atom is 0.243 e. The highest BCUT2D eigenvalue weighted by atomic mass is 16.5. The number of nitrogens with one attached hydrogen (secondary N) is 1. The van der Waals surface area contributed by atoms with E-state index in [1.807, 2.05) is 109 Å². The Morgan fingerprint density at radius 1 is 0.745 bits per heavy atom. The number of carbonyl (C=O) groups is 3. The summed E-state index contributed by atoms with van der Waals surface area (Å²) >= 11 is 0. The Bertz CT molecular complexity index is 1740. The molecule has 0 radical (unpaired) electrons. The molecule has 9 nitrogen and oxygen atoms in total. The minimum Gasteiger partial charge on any atom is -0.489 e. The summed E-state index contributed by atoms with van der Waals surface area (Å²) < 4.78 is 5.90. The summed E-state index contributed by atoms with van der Waals surface area (Å²) in [6, 6.07) is 30.5. The molecule has 0 saturated carbocycles. The molecule has 51 heavy (non-hydrogen) atoms. The van der Waals surface area contributed by atoms with Crippen molar-refractivity contribution in [2.24, 2.45) is 0 Å². The summed E-state index contributed by atoms with van der Waals surface area (Å²) in [5.41, 5.74) is 2.96. The lowest BCUT2D eigenvalue weighted by atomic mass is 10.0. The SMILES string of the molecule is O=C1N[C@H](CCCO)CN(C(=O)Cc2ccc3ccccc3c2)C/C=C/CN(C(=O)CCc2ccc(OCc3ccccc3)cc2)[C@H]1CCCO. The first-order valence-corrected chi connectivity index (χ1v) is 17.9. The van der Waals surface area contributed by atoms with E-state index in [0.29, 0.717) is 45.3 Å². The number of ether oxygens (including phenoxy) is 1. The molecule has 1 heterocycles. The van der Waals surface area contributed by atoms with Crippen LogP contribution in [0.25, 0.3) is 10.8 Å². The van der Waals surface area contributed by atoms with Crippen LogP contribution >= 0.6 is 0 Å². The smallest absolute Gasteiger partial charge is 0.243 e. The maximum atomic E-state index is 13.9. The molecular weight excluding hydrogens is 642 g/mol. The number of aryl methyl sites for hydroxylation is 1. The molecule has 0 aromatic heterocycles. The Balaban J connectivity index is 1.27. The van der Waals surface area contributed by atoms with Crippen LogP contribution in [0.4, 0.5) is 0 Å².